The summed E-state index contributed by atoms with van der Waals surface area (Å²) in [5.74, 6) is 0. The number of rotatable bonds is 3. The van der Waals surface area contributed by atoms with Gasteiger partial charge in [-0.1, -0.05) is 65.1 Å². The Morgan fingerprint density at radius 1 is 1.00 bits per heavy atom. The SMILES string of the molecule is O=C(NNC(=O)OCC(Cl)(Cl)Cl)OCc1ccccc1. The predicted molar refractivity (Wildman–Crippen MR) is 74.5 cm³/mol. The fourth-order valence-corrected chi connectivity index (χ4v) is 1.21. The third-order valence-electron chi connectivity index (χ3n) is 1.85. The van der Waals surface area contributed by atoms with Crippen molar-refractivity contribution >= 4 is 47.0 Å². The number of nitrogens with one attached hydrogen (secondary N) is 2. The molecule has 110 valence electrons. The minimum Gasteiger partial charge on any atom is -0.444 e. The number of hydrogen-bond donors (Lipinski definition) is 2. The Hall–Kier alpha value is -1.37. The molecule has 0 unspecified atom stereocenters. The van der Waals surface area contributed by atoms with Crippen LogP contribution in [0.2, 0.25) is 0 Å². The molecule has 2 amide bonds. The third kappa shape index (κ3) is 7.93. The van der Waals surface area contributed by atoms with Crippen LogP contribution in [0.3, 0.4) is 0 Å². The Morgan fingerprint density at radius 2 is 1.55 bits per heavy atom. The third-order valence-corrected chi connectivity index (χ3v) is 2.17. The van der Waals surface area contributed by atoms with Crippen LogP contribution in [0, 0.1) is 0 Å². The highest BCUT2D eigenvalue weighted by molar-refractivity contribution is 6.67. The van der Waals surface area contributed by atoms with E-state index in [1.807, 2.05) is 29.1 Å². The summed E-state index contributed by atoms with van der Waals surface area (Å²) in [6.45, 7) is -0.387. The summed E-state index contributed by atoms with van der Waals surface area (Å²) < 4.78 is 7.61. The van der Waals surface area contributed by atoms with Gasteiger partial charge >= 0.3 is 12.2 Å². The molecule has 6 nitrogen and oxygen atoms in total. The Bertz CT molecular complexity index is 451. The van der Waals surface area contributed by atoms with E-state index in [1.54, 1.807) is 12.1 Å². The highest BCUT2D eigenvalue weighted by atomic mass is 35.6. The highest BCUT2D eigenvalue weighted by Crippen LogP contribution is 2.25. The van der Waals surface area contributed by atoms with E-state index >= 15 is 0 Å². The molecule has 0 saturated carbocycles. The first-order valence-corrected chi connectivity index (χ1v) is 6.46. The molecular formula is C11H11Cl3N2O4. The van der Waals surface area contributed by atoms with E-state index in [2.05, 4.69) is 4.74 Å². The van der Waals surface area contributed by atoms with Crippen molar-refractivity contribution in [1.29, 1.82) is 0 Å². The summed E-state index contributed by atoms with van der Waals surface area (Å²) in [5, 5.41) is 0. The number of ether oxygens (including phenoxy) is 2. The molecule has 0 aliphatic rings. The lowest BCUT2D eigenvalue weighted by atomic mass is 10.2. The summed E-state index contributed by atoms with van der Waals surface area (Å²) in [5.41, 5.74) is 4.71. The second-order valence-electron chi connectivity index (χ2n) is 3.50. The van der Waals surface area contributed by atoms with Gasteiger partial charge in [0, 0.05) is 0 Å². The second-order valence-corrected chi connectivity index (χ2v) is 6.02. The van der Waals surface area contributed by atoms with E-state index in [-0.39, 0.29) is 6.61 Å². The molecule has 0 bridgehead atoms. The van der Waals surface area contributed by atoms with Gasteiger partial charge in [0.05, 0.1) is 0 Å². The topological polar surface area (TPSA) is 76.7 Å². The number of hydrazine groups is 1. The molecule has 0 atom stereocenters. The van der Waals surface area contributed by atoms with Gasteiger partial charge in [-0.05, 0) is 5.56 Å². The van der Waals surface area contributed by atoms with E-state index in [9.17, 15) is 9.59 Å². The number of hydrogen-bond acceptors (Lipinski definition) is 4. The van der Waals surface area contributed by atoms with Gasteiger partial charge in [0.1, 0.15) is 13.2 Å². The minimum atomic E-state index is -1.72. The molecule has 0 aliphatic carbocycles. The summed E-state index contributed by atoms with van der Waals surface area (Å²) in [6, 6.07) is 9.03. The summed E-state index contributed by atoms with van der Waals surface area (Å²) in [6.07, 6.45) is -1.83. The Labute approximate surface area is 130 Å². The lowest BCUT2D eigenvalue weighted by Crippen LogP contribution is -2.42. The zero-order valence-corrected chi connectivity index (χ0v) is 12.3. The molecule has 0 heterocycles. The smallest absolute Gasteiger partial charge is 0.426 e. The first-order valence-electron chi connectivity index (χ1n) is 5.33. The zero-order valence-electron chi connectivity index (χ0n) is 10.1. The average Bonchev–Trinajstić information content (AvgIpc) is 2.41. The van der Waals surface area contributed by atoms with Crippen molar-refractivity contribution < 1.29 is 19.1 Å². The lowest BCUT2D eigenvalue weighted by Gasteiger charge is -2.12. The van der Waals surface area contributed by atoms with E-state index in [4.69, 9.17) is 39.5 Å². The van der Waals surface area contributed by atoms with Crippen LogP contribution in [-0.4, -0.2) is 22.6 Å². The van der Waals surface area contributed by atoms with Crippen LogP contribution < -0.4 is 10.9 Å². The molecule has 2 N–H and O–H groups in total. The van der Waals surface area contributed by atoms with Crippen molar-refractivity contribution in [3.63, 3.8) is 0 Å². The van der Waals surface area contributed by atoms with Crippen LogP contribution >= 0.6 is 34.8 Å². The maximum absolute atomic E-state index is 11.2. The van der Waals surface area contributed by atoms with E-state index in [0.717, 1.165) is 5.56 Å². The average molecular weight is 342 g/mol. The van der Waals surface area contributed by atoms with E-state index < -0.39 is 22.6 Å². The molecule has 9 heteroatoms. The largest absolute Gasteiger partial charge is 0.444 e. The fraction of sp³-hybridized carbons (Fsp3) is 0.273. The highest BCUT2D eigenvalue weighted by Gasteiger charge is 2.22. The van der Waals surface area contributed by atoms with Crippen LogP contribution in [0.5, 0.6) is 0 Å². The molecular weight excluding hydrogens is 330 g/mol. The number of halogens is 3. The molecule has 0 aromatic heterocycles. The van der Waals surface area contributed by atoms with E-state index in [1.165, 1.54) is 0 Å². The van der Waals surface area contributed by atoms with Crippen molar-refractivity contribution in [2.45, 2.75) is 10.4 Å². The summed E-state index contributed by atoms with van der Waals surface area (Å²) in [4.78, 5) is 22.3. The summed E-state index contributed by atoms with van der Waals surface area (Å²) >= 11 is 16.1. The molecule has 1 aromatic rings. The Kier molecular flexibility index (Phi) is 6.70. The normalized spacial score (nSPS) is 10.6. The first kappa shape index (κ1) is 16.7. The summed E-state index contributed by atoms with van der Waals surface area (Å²) in [7, 11) is 0. The number of amides is 2. The van der Waals surface area contributed by atoms with Gasteiger partial charge in [-0.15, -0.1) is 0 Å². The maximum atomic E-state index is 11.2. The Morgan fingerprint density at radius 3 is 2.10 bits per heavy atom. The second kappa shape index (κ2) is 8.04. The van der Waals surface area contributed by atoms with Crippen molar-refractivity contribution in [2.75, 3.05) is 6.61 Å². The van der Waals surface area contributed by atoms with Gasteiger partial charge in [0.15, 0.2) is 0 Å². The van der Waals surface area contributed by atoms with Crippen molar-refractivity contribution in [3.8, 4) is 0 Å². The molecule has 0 aliphatic heterocycles. The monoisotopic (exact) mass is 340 g/mol. The molecule has 0 saturated heterocycles. The van der Waals surface area contributed by atoms with Gasteiger partial charge in [-0.2, -0.15) is 0 Å². The van der Waals surface area contributed by atoms with E-state index in [0.29, 0.717) is 0 Å². The van der Waals surface area contributed by atoms with Crippen LogP contribution in [-0.2, 0) is 16.1 Å². The molecule has 0 spiro atoms. The van der Waals surface area contributed by atoms with Gasteiger partial charge in [-0.3, -0.25) is 0 Å². The Balaban J connectivity index is 2.18. The molecule has 0 fully saturated rings. The van der Waals surface area contributed by atoms with Gasteiger partial charge in [0.2, 0.25) is 3.79 Å². The van der Waals surface area contributed by atoms with Crippen molar-refractivity contribution in [3.05, 3.63) is 35.9 Å². The molecule has 20 heavy (non-hydrogen) atoms. The molecule has 1 aromatic carbocycles. The fourth-order valence-electron chi connectivity index (χ4n) is 1.04. The van der Waals surface area contributed by atoms with Crippen LogP contribution in [0.15, 0.2) is 30.3 Å². The predicted octanol–water partition coefficient (Wildman–Crippen LogP) is 2.92. The molecule has 0 radical (unpaired) electrons. The van der Waals surface area contributed by atoms with Gasteiger partial charge < -0.3 is 9.47 Å². The van der Waals surface area contributed by atoms with Gasteiger partial charge in [0.25, 0.3) is 0 Å². The van der Waals surface area contributed by atoms with Crippen molar-refractivity contribution in [1.82, 2.24) is 10.9 Å². The number of carbonyl (C=O) groups is 2. The number of carbonyl (C=O) groups excluding carboxylic acids is 2. The molecule has 1 rings (SSSR count). The first-order chi connectivity index (χ1) is 9.37. The van der Waals surface area contributed by atoms with Crippen LogP contribution in [0.4, 0.5) is 9.59 Å². The van der Waals surface area contributed by atoms with Crippen LogP contribution in [0.25, 0.3) is 0 Å². The van der Waals surface area contributed by atoms with Crippen molar-refractivity contribution in [2.24, 2.45) is 0 Å². The standard InChI is InChI=1S/C11H11Cl3N2O4/c12-11(13,14)7-20-10(18)16-15-9(17)19-6-8-4-2-1-3-5-8/h1-5H,6-7H2,(H,15,17)(H,16,18). The quantitative estimate of drug-likeness (QED) is 0.654. The number of benzene rings is 1. The lowest BCUT2D eigenvalue weighted by molar-refractivity contribution is 0.121. The number of alkyl halides is 3. The van der Waals surface area contributed by atoms with Crippen LogP contribution in [0.1, 0.15) is 5.56 Å². The maximum Gasteiger partial charge on any atom is 0.426 e. The van der Waals surface area contributed by atoms with Gasteiger partial charge in [-0.25, -0.2) is 20.4 Å². The minimum absolute atomic E-state index is 0.0670. The zero-order chi connectivity index (χ0) is 15.0.